The molecule has 0 unspecified atom stereocenters. The molecule has 4 rings (SSSR count). The van der Waals surface area contributed by atoms with Crippen molar-refractivity contribution in [3.63, 3.8) is 0 Å². The molecular formula is C20H16N2O2S. The Morgan fingerprint density at radius 1 is 1.00 bits per heavy atom. The molecule has 2 amide bonds. The Morgan fingerprint density at radius 2 is 1.76 bits per heavy atom. The molecule has 0 saturated carbocycles. The number of aryl methyl sites for hydroxylation is 1. The van der Waals surface area contributed by atoms with Gasteiger partial charge in [0.15, 0.2) is 0 Å². The average Bonchev–Trinajstić information content (AvgIpc) is 3.05. The first-order valence-electron chi connectivity index (χ1n) is 7.96. The van der Waals surface area contributed by atoms with Gasteiger partial charge < -0.3 is 4.57 Å². The Kier molecular flexibility index (Phi) is 3.73. The first-order chi connectivity index (χ1) is 12.0. The molecule has 0 atom stereocenters. The summed E-state index contributed by atoms with van der Waals surface area (Å²) in [6.07, 6.45) is 1.78. The number of hydrogen-bond acceptors (Lipinski definition) is 3. The number of hydrogen-bond donors (Lipinski definition) is 1. The fraction of sp³-hybridized carbons (Fsp3) is 0.100. The minimum absolute atomic E-state index is 0.320. The minimum atomic E-state index is -0.328. The molecule has 3 aromatic rings. The van der Waals surface area contributed by atoms with Crippen LogP contribution in [0.15, 0.2) is 53.4 Å². The number of imide groups is 1. The lowest BCUT2D eigenvalue weighted by Gasteiger charge is -2.11. The lowest BCUT2D eigenvalue weighted by atomic mass is 10.1. The Morgan fingerprint density at radius 3 is 2.48 bits per heavy atom. The molecule has 0 radical (unpaired) electrons. The number of carbonyl (C=O) groups excluding carboxylic acids is 2. The molecule has 1 aromatic heterocycles. The maximum absolute atomic E-state index is 11.8. The standard InChI is InChI=1S/C20H16N2O2S/c1-12-9-16(11-18-19(23)21-20(24)25-18)13(2)22(12)17-8-7-14-5-3-4-6-15(14)10-17/h3-11H,1-2H3,(H,21,23,24)/b18-11+. The maximum Gasteiger partial charge on any atom is 0.290 e. The van der Waals surface area contributed by atoms with Crippen LogP contribution in [0.1, 0.15) is 17.0 Å². The molecule has 2 aromatic carbocycles. The van der Waals surface area contributed by atoms with Crippen molar-refractivity contribution < 1.29 is 9.59 Å². The van der Waals surface area contributed by atoms with Crippen molar-refractivity contribution in [2.24, 2.45) is 0 Å². The summed E-state index contributed by atoms with van der Waals surface area (Å²) in [5.74, 6) is -0.328. The summed E-state index contributed by atoms with van der Waals surface area (Å²) in [6.45, 7) is 4.06. The van der Waals surface area contributed by atoms with Crippen LogP contribution < -0.4 is 5.32 Å². The predicted molar refractivity (Wildman–Crippen MR) is 102 cm³/mol. The number of amides is 2. The van der Waals surface area contributed by atoms with Gasteiger partial charge in [-0.3, -0.25) is 14.9 Å². The second-order valence-electron chi connectivity index (χ2n) is 6.05. The highest BCUT2D eigenvalue weighted by Crippen LogP contribution is 2.29. The van der Waals surface area contributed by atoms with Crippen molar-refractivity contribution in [2.45, 2.75) is 13.8 Å². The van der Waals surface area contributed by atoms with Crippen LogP contribution in [0, 0.1) is 13.8 Å². The zero-order chi connectivity index (χ0) is 17.6. The van der Waals surface area contributed by atoms with Gasteiger partial charge in [-0.15, -0.1) is 0 Å². The number of thioether (sulfide) groups is 1. The molecule has 0 bridgehead atoms. The predicted octanol–water partition coefficient (Wildman–Crippen LogP) is 4.57. The second-order valence-corrected chi connectivity index (χ2v) is 7.06. The number of fused-ring (bicyclic) bond motifs is 1. The normalized spacial score (nSPS) is 16.0. The van der Waals surface area contributed by atoms with Gasteiger partial charge in [0.25, 0.3) is 11.1 Å². The molecule has 1 N–H and O–H groups in total. The second kappa shape index (κ2) is 5.93. The van der Waals surface area contributed by atoms with Gasteiger partial charge in [0, 0.05) is 17.1 Å². The van der Waals surface area contributed by atoms with E-state index in [0.717, 1.165) is 34.4 Å². The monoisotopic (exact) mass is 348 g/mol. The van der Waals surface area contributed by atoms with E-state index in [1.807, 2.05) is 32.0 Å². The molecule has 5 heteroatoms. The quantitative estimate of drug-likeness (QED) is 0.690. The molecule has 2 heterocycles. The molecule has 0 spiro atoms. The molecule has 124 valence electrons. The van der Waals surface area contributed by atoms with Gasteiger partial charge in [-0.05, 0) is 66.2 Å². The molecule has 1 aliphatic rings. The number of benzene rings is 2. The van der Waals surface area contributed by atoms with Crippen LogP contribution in [0.4, 0.5) is 4.79 Å². The third-order valence-electron chi connectivity index (χ3n) is 4.39. The smallest absolute Gasteiger partial charge is 0.290 e. The van der Waals surface area contributed by atoms with Crippen molar-refractivity contribution in [3.8, 4) is 5.69 Å². The topological polar surface area (TPSA) is 51.1 Å². The third-order valence-corrected chi connectivity index (χ3v) is 5.20. The van der Waals surface area contributed by atoms with E-state index in [1.54, 1.807) is 6.08 Å². The Labute approximate surface area is 149 Å². The average molecular weight is 348 g/mol. The first-order valence-corrected chi connectivity index (χ1v) is 8.77. The Bertz CT molecular complexity index is 1060. The highest BCUT2D eigenvalue weighted by Gasteiger charge is 2.25. The van der Waals surface area contributed by atoms with Crippen molar-refractivity contribution in [1.29, 1.82) is 0 Å². The third kappa shape index (κ3) is 2.76. The van der Waals surface area contributed by atoms with Gasteiger partial charge >= 0.3 is 0 Å². The molecule has 25 heavy (non-hydrogen) atoms. The van der Waals surface area contributed by atoms with Crippen LogP contribution in [-0.4, -0.2) is 15.7 Å². The summed E-state index contributed by atoms with van der Waals surface area (Å²) in [7, 11) is 0. The van der Waals surface area contributed by atoms with E-state index in [9.17, 15) is 9.59 Å². The van der Waals surface area contributed by atoms with Gasteiger partial charge in [-0.25, -0.2) is 0 Å². The van der Waals surface area contributed by atoms with E-state index in [1.165, 1.54) is 10.8 Å². The Hall–Kier alpha value is -2.79. The molecule has 1 aliphatic heterocycles. The SMILES string of the molecule is Cc1cc(/C=C2/SC(=O)NC2=O)c(C)n1-c1ccc2ccccc2c1. The van der Waals surface area contributed by atoms with E-state index in [0.29, 0.717) is 4.91 Å². The van der Waals surface area contributed by atoms with Crippen molar-refractivity contribution in [2.75, 3.05) is 0 Å². The van der Waals surface area contributed by atoms with Crippen LogP contribution >= 0.6 is 11.8 Å². The fourth-order valence-electron chi connectivity index (χ4n) is 3.21. The van der Waals surface area contributed by atoms with Crippen molar-refractivity contribution in [1.82, 2.24) is 9.88 Å². The summed E-state index contributed by atoms with van der Waals surface area (Å²) < 4.78 is 2.16. The maximum atomic E-state index is 11.8. The molecule has 1 saturated heterocycles. The minimum Gasteiger partial charge on any atom is -0.318 e. The van der Waals surface area contributed by atoms with E-state index in [4.69, 9.17) is 0 Å². The first kappa shape index (κ1) is 15.7. The van der Waals surface area contributed by atoms with E-state index in [-0.39, 0.29) is 11.1 Å². The zero-order valence-electron chi connectivity index (χ0n) is 13.9. The van der Waals surface area contributed by atoms with Crippen molar-refractivity contribution >= 4 is 39.8 Å². The molecular weight excluding hydrogens is 332 g/mol. The van der Waals surface area contributed by atoms with Gasteiger partial charge in [0.1, 0.15) is 0 Å². The highest BCUT2D eigenvalue weighted by molar-refractivity contribution is 8.18. The number of nitrogens with zero attached hydrogens (tertiary/aromatic N) is 1. The lowest BCUT2D eigenvalue weighted by molar-refractivity contribution is -0.115. The zero-order valence-corrected chi connectivity index (χ0v) is 14.7. The summed E-state index contributed by atoms with van der Waals surface area (Å²) in [6, 6.07) is 16.7. The highest BCUT2D eigenvalue weighted by atomic mass is 32.2. The number of nitrogens with one attached hydrogen (secondary N) is 1. The van der Waals surface area contributed by atoms with Gasteiger partial charge in [0.05, 0.1) is 4.91 Å². The largest absolute Gasteiger partial charge is 0.318 e. The van der Waals surface area contributed by atoms with Gasteiger partial charge in [0.2, 0.25) is 0 Å². The summed E-state index contributed by atoms with van der Waals surface area (Å²) in [5.41, 5.74) is 4.14. The molecule has 4 nitrogen and oxygen atoms in total. The summed E-state index contributed by atoms with van der Waals surface area (Å²) >= 11 is 0.942. The van der Waals surface area contributed by atoms with Gasteiger partial charge in [-0.2, -0.15) is 0 Å². The number of aromatic nitrogens is 1. The lowest BCUT2D eigenvalue weighted by Crippen LogP contribution is -2.17. The van der Waals surface area contributed by atoms with E-state index >= 15 is 0 Å². The number of rotatable bonds is 2. The van der Waals surface area contributed by atoms with Crippen LogP contribution in [0.25, 0.3) is 22.5 Å². The Balaban J connectivity index is 1.80. The number of carbonyl (C=O) groups is 2. The van der Waals surface area contributed by atoms with E-state index < -0.39 is 0 Å². The molecule has 1 fully saturated rings. The van der Waals surface area contributed by atoms with Crippen LogP contribution in [0.5, 0.6) is 0 Å². The molecule has 0 aliphatic carbocycles. The van der Waals surface area contributed by atoms with Crippen LogP contribution in [0.3, 0.4) is 0 Å². The fourth-order valence-corrected chi connectivity index (χ4v) is 3.88. The van der Waals surface area contributed by atoms with Gasteiger partial charge in [-0.1, -0.05) is 30.3 Å². The van der Waals surface area contributed by atoms with Crippen LogP contribution in [0.2, 0.25) is 0 Å². The van der Waals surface area contributed by atoms with Crippen LogP contribution in [-0.2, 0) is 4.79 Å². The van der Waals surface area contributed by atoms with Crippen molar-refractivity contribution in [3.05, 3.63) is 70.4 Å². The summed E-state index contributed by atoms with van der Waals surface area (Å²) in [5, 5.41) is 4.36. The summed E-state index contributed by atoms with van der Waals surface area (Å²) in [4.78, 5) is 23.6. The van der Waals surface area contributed by atoms with E-state index in [2.05, 4.69) is 40.2 Å².